The summed E-state index contributed by atoms with van der Waals surface area (Å²) >= 11 is 0. The molecule has 1 spiro atoms. The van der Waals surface area contributed by atoms with Gasteiger partial charge in [-0.2, -0.15) is 13.2 Å². The average Bonchev–Trinajstić information content (AvgIpc) is 3.63. The topological polar surface area (TPSA) is 102 Å². The summed E-state index contributed by atoms with van der Waals surface area (Å²) in [6, 6.07) is 4.81. The molecule has 2 amide bonds. The van der Waals surface area contributed by atoms with E-state index in [1.165, 1.54) is 10.8 Å². The number of halogens is 3. The van der Waals surface area contributed by atoms with E-state index in [1.54, 1.807) is 18.3 Å². The number of nitrogens with one attached hydrogen (secondary N) is 2. The molecule has 3 aromatic heterocycles. The zero-order valence-corrected chi connectivity index (χ0v) is 21.8. The van der Waals surface area contributed by atoms with E-state index in [0.717, 1.165) is 55.1 Å². The highest BCUT2D eigenvalue weighted by atomic mass is 19.4. The Labute approximate surface area is 228 Å². The number of carbonyl (C=O) groups is 2. The number of alkyl halides is 3. The minimum absolute atomic E-state index is 0.0287. The monoisotopic (exact) mass is 550 g/mol. The van der Waals surface area contributed by atoms with E-state index in [2.05, 4.69) is 25.6 Å². The molecule has 2 aliphatic heterocycles. The van der Waals surface area contributed by atoms with Crippen molar-refractivity contribution in [3.8, 4) is 0 Å². The summed E-state index contributed by atoms with van der Waals surface area (Å²) in [4.78, 5) is 39.4. The number of imidazole rings is 1. The Morgan fingerprint density at radius 1 is 1.07 bits per heavy atom. The van der Waals surface area contributed by atoms with Crippen molar-refractivity contribution in [1.82, 2.24) is 24.8 Å². The standard InChI is InChI=1S/C29H29F3N6O2/c30-29(31,32)23-14-35-25-21(10-19(15-38(23)25)16-5-2-1-3-6-16)36-26(39)18-9-17-11-28(12-22(17)34-13-18)20-7-4-8-33-24(20)37-27(28)40/h4,7-9,13-14,16,19,21H,1-3,5-6,10-12,15H2,(H,36,39)(H,33,37,40)/t19-,21+,28?/m1/s1. The minimum Gasteiger partial charge on any atom is -0.342 e. The van der Waals surface area contributed by atoms with Crippen molar-refractivity contribution in [2.75, 3.05) is 5.32 Å². The summed E-state index contributed by atoms with van der Waals surface area (Å²) in [7, 11) is 0. The maximum Gasteiger partial charge on any atom is 0.433 e. The van der Waals surface area contributed by atoms with Crippen LogP contribution in [0.15, 0.2) is 36.8 Å². The van der Waals surface area contributed by atoms with Gasteiger partial charge >= 0.3 is 6.18 Å². The molecule has 5 heterocycles. The largest absolute Gasteiger partial charge is 0.433 e. The van der Waals surface area contributed by atoms with E-state index in [1.807, 2.05) is 6.07 Å². The zero-order valence-electron chi connectivity index (χ0n) is 21.8. The van der Waals surface area contributed by atoms with Crippen LogP contribution in [0.5, 0.6) is 0 Å². The van der Waals surface area contributed by atoms with Gasteiger partial charge in [0.05, 0.1) is 23.2 Å². The molecule has 2 aliphatic carbocycles. The zero-order chi connectivity index (χ0) is 27.6. The molecule has 3 atom stereocenters. The maximum absolute atomic E-state index is 13.8. The normalized spacial score (nSPS) is 25.8. The van der Waals surface area contributed by atoms with E-state index >= 15 is 0 Å². The summed E-state index contributed by atoms with van der Waals surface area (Å²) in [5, 5.41) is 5.85. The van der Waals surface area contributed by atoms with Gasteiger partial charge in [-0.3, -0.25) is 14.6 Å². The molecular formula is C29H29F3N6O2. The summed E-state index contributed by atoms with van der Waals surface area (Å²) in [6.45, 7) is 0.266. The summed E-state index contributed by atoms with van der Waals surface area (Å²) < 4.78 is 42.7. The van der Waals surface area contributed by atoms with Gasteiger partial charge < -0.3 is 15.2 Å². The van der Waals surface area contributed by atoms with Crippen molar-refractivity contribution in [2.45, 2.75) is 75.5 Å². The maximum atomic E-state index is 13.8. The molecule has 7 rings (SSSR count). The van der Waals surface area contributed by atoms with Crippen molar-refractivity contribution in [1.29, 1.82) is 0 Å². The molecule has 0 aromatic carbocycles. The van der Waals surface area contributed by atoms with Crippen LogP contribution in [0, 0.1) is 11.8 Å². The quantitative estimate of drug-likeness (QED) is 0.490. The number of fused-ring (bicyclic) bond motifs is 4. The SMILES string of the molecule is O=C(N[C@H]1C[C@@H](C2CCCCC2)Cn2c(C(F)(F)F)cnc21)c1cnc2c(c1)CC1(C2)C(=O)Nc2ncccc21. The van der Waals surface area contributed by atoms with Crippen LogP contribution in [0.2, 0.25) is 0 Å². The fourth-order valence-electron chi connectivity index (χ4n) is 7.36. The molecule has 40 heavy (non-hydrogen) atoms. The van der Waals surface area contributed by atoms with Gasteiger partial charge in [0.25, 0.3) is 5.91 Å². The molecule has 1 fully saturated rings. The predicted octanol–water partition coefficient (Wildman–Crippen LogP) is 4.75. The van der Waals surface area contributed by atoms with Crippen LogP contribution in [0.1, 0.15) is 83.3 Å². The highest BCUT2D eigenvalue weighted by Gasteiger charge is 2.52. The number of nitrogens with zero attached hydrogens (tertiary/aromatic N) is 4. The Kier molecular flexibility index (Phi) is 5.76. The Morgan fingerprint density at radius 3 is 2.70 bits per heavy atom. The number of aromatic nitrogens is 4. The smallest absolute Gasteiger partial charge is 0.342 e. The van der Waals surface area contributed by atoms with Crippen LogP contribution in [0.3, 0.4) is 0 Å². The number of rotatable bonds is 3. The second-order valence-corrected chi connectivity index (χ2v) is 11.6. The highest BCUT2D eigenvalue weighted by Crippen LogP contribution is 2.46. The molecule has 4 aliphatic rings. The number of hydrogen-bond acceptors (Lipinski definition) is 5. The van der Waals surface area contributed by atoms with Crippen molar-refractivity contribution >= 4 is 17.6 Å². The van der Waals surface area contributed by atoms with Crippen molar-refractivity contribution < 1.29 is 22.8 Å². The van der Waals surface area contributed by atoms with Gasteiger partial charge in [0, 0.05) is 36.6 Å². The van der Waals surface area contributed by atoms with Gasteiger partial charge in [0.15, 0.2) is 0 Å². The first-order valence-electron chi connectivity index (χ1n) is 13.9. The molecule has 3 aromatic rings. The second-order valence-electron chi connectivity index (χ2n) is 11.6. The fraction of sp³-hybridized carbons (Fsp3) is 0.483. The van der Waals surface area contributed by atoms with E-state index < -0.39 is 29.2 Å². The molecule has 11 heteroatoms. The molecular weight excluding hydrogens is 521 g/mol. The molecule has 1 unspecified atom stereocenters. The van der Waals surface area contributed by atoms with Gasteiger partial charge in [0.2, 0.25) is 5.91 Å². The molecule has 0 bridgehead atoms. The first-order chi connectivity index (χ1) is 19.2. The fourth-order valence-corrected chi connectivity index (χ4v) is 7.36. The van der Waals surface area contributed by atoms with Gasteiger partial charge in [-0.15, -0.1) is 0 Å². The first-order valence-corrected chi connectivity index (χ1v) is 13.9. The average molecular weight is 551 g/mol. The summed E-state index contributed by atoms with van der Waals surface area (Å²) in [5.41, 5.74) is 1.13. The van der Waals surface area contributed by atoms with E-state index in [4.69, 9.17) is 0 Å². The van der Waals surface area contributed by atoms with Crippen LogP contribution in [-0.4, -0.2) is 31.3 Å². The van der Waals surface area contributed by atoms with Crippen molar-refractivity contribution in [3.63, 3.8) is 0 Å². The van der Waals surface area contributed by atoms with E-state index in [9.17, 15) is 22.8 Å². The lowest BCUT2D eigenvalue weighted by molar-refractivity contribution is -0.144. The molecule has 0 saturated heterocycles. The van der Waals surface area contributed by atoms with Crippen molar-refractivity contribution in [2.24, 2.45) is 11.8 Å². The molecule has 208 valence electrons. The van der Waals surface area contributed by atoms with Gasteiger partial charge in [-0.05, 0) is 42.4 Å². The molecule has 8 nitrogen and oxygen atoms in total. The summed E-state index contributed by atoms with van der Waals surface area (Å²) in [6.07, 6.45) is 6.17. The van der Waals surface area contributed by atoms with Gasteiger partial charge in [-0.1, -0.05) is 38.2 Å². The summed E-state index contributed by atoms with van der Waals surface area (Å²) in [5.74, 6) is 0.614. The van der Waals surface area contributed by atoms with Crippen molar-refractivity contribution in [3.05, 3.63) is 70.7 Å². The third-order valence-corrected chi connectivity index (χ3v) is 9.34. The lowest BCUT2D eigenvalue weighted by Crippen LogP contribution is -2.39. The number of hydrogen-bond donors (Lipinski definition) is 2. The molecule has 0 radical (unpaired) electrons. The second kappa shape index (κ2) is 9.14. The third kappa shape index (κ3) is 4.00. The van der Waals surface area contributed by atoms with Gasteiger partial charge in [0.1, 0.15) is 17.3 Å². The molecule has 2 N–H and O–H groups in total. The Balaban J connectivity index is 1.15. The van der Waals surface area contributed by atoms with Crippen LogP contribution in [-0.2, 0) is 35.8 Å². The van der Waals surface area contributed by atoms with Crippen LogP contribution >= 0.6 is 0 Å². The van der Waals surface area contributed by atoms with Crippen LogP contribution in [0.25, 0.3) is 0 Å². The van der Waals surface area contributed by atoms with E-state index in [-0.39, 0.29) is 24.2 Å². The van der Waals surface area contributed by atoms with E-state index in [0.29, 0.717) is 36.6 Å². The molecule has 1 saturated carbocycles. The number of anilines is 1. The van der Waals surface area contributed by atoms with Crippen LogP contribution in [0.4, 0.5) is 19.0 Å². The predicted molar refractivity (Wildman–Crippen MR) is 138 cm³/mol. The lowest BCUT2D eigenvalue weighted by atomic mass is 9.76. The Morgan fingerprint density at radius 2 is 1.90 bits per heavy atom. The Bertz CT molecular complexity index is 1510. The number of carbonyl (C=O) groups excluding carboxylic acids is 2. The van der Waals surface area contributed by atoms with Gasteiger partial charge in [-0.25, -0.2) is 9.97 Å². The first kappa shape index (κ1) is 25.2. The number of pyridine rings is 2. The lowest BCUT2D eigenvalue weighted by Gasteiger charge is -2.37. The minimum atomic E-state index is -4.52. The highest BCUT2D eigenvalue weighted by molar-refractivity contribution is 6.06. The Hall–Kier alpha value is -3.76. The van der Waals surface area contributed by atoms with Crippen LogP contribution < -0.4 is 10.6 Å². The third-order valence-electron chi connectivity index (χ3n) is 9.34. The number of amides is 2.